The third kappa shape index (κ3) is 4.84. The maximum atomic E-state index is 12.5. The Morgan fingerprint density at radius 3 is 2.12 bits per heavy atom. The summed E-state index contributed by atoms with van der Waals surface area (Å²) in [7, 11) is 0. The highest BCUT2D eigenvalue weighted by Crippen LogP contribution is 2.10. The highest BCUT2D eigenvalue weighted by molar-refractivity contribution is 5.97. The molecule has 0 radical (unpaired) electrons. The summed E-state index contributed by atoms with van der Waals surface area (Å²) < 4.78 is 0. The molecule has 0 saturated carbocycles. The number of carbonyl (C=O) groups excluding carboxylic acids is 2. The maximum absolute atomic E-state index is 12.5. The monoisotopic (exact) mass is 325 g/mol. The Balaban J connectivity index is 2.02. The number of carbonyl (C=O) groups is 2. The summed E-state index contributed by atoms with van der Waals surface area (Å²) in [5.74, 6) is -0.511. The zero-order chi connectivity index (χ0) is 17.4. The molecule has 2 amide bonds. The van der Waals surface area contributed by atoms with E-state index in [4.69, 9.17) is 0 Å². The summed E-state index contributed by atoms with van der Waals surface area (Å²) >= 11 is 0. The van der Waals surface area contributed by atoms with Crippen LogP contribution in [0, 0.1) is 5.92 Å². The molecule has 2 unspecified atom stereocenters. The van der Waals surface area contributed by atoms with Crippen molar-refractivity contribution in [2.24, 2.45) is 5.92 Å². The van der Waals surface area contributed by atoms with Crippen LogP contribution in [0.15, 0.2) is 60.7 Å². The van der Waals surface area contributed by atoms with E-state index < -0.39 is 6.04 Å². The molecule has 0 aliphatic carbocycles. The van der Waals surface area contributed by atoms with Crippen LogP contribution in [0.5, 0.6) is 0 Å². The molecule has 2 atom stereocenters. The van der Waals surface area contributed by atoms with Crippen LogP contribution in [-0.4, -0.2) is 17.9 Å². The molecule has 0 aliphatic heterocycles. The standard InChI is InChI=1S/C19H23N3O2/c1-3-14(2)17(20-18(23)15-10-6-4-7-11-15)19(24)22-21-16-12-8-5-9-13-16/h4-14,17,21H,3H2,1-2H3,(H,20,23)(H,22,24). The quantitative estimate of drug-likeness (QED) is 0.686. The van der Waals surface area contributed by atoms with Crippen molar-refractivity contribution in [1.82, 2.24) is 10.7 Å². The largest absolute Gasteiger partial charge is 0.340 e. The molecule has 126 valence electrons. The zero-order valence-corrected chi connectivity index (χ0v) is 14.0. The fourth-order valence-corrected chi connectivity index (χ4v) is 2.25. The van der Waals surface area contributed by atoms with Gasteiger partial charge in [-0.2, -0.15) is 0 Å². The number of hydrogen-bond donors (Lipinski definition) is 3. The lowest BCUT2D eigenvalue weighted by Crippen LogP contribution is -2.51. The fourth-order valence-electron chi connectivity index (χ4n) is 2.25. The van der Waals surface area contributed by atoms with Gasteiger partial charge in [0.25, 0.3) is 11.8 Å². The first-order valence-electron chi connectivity index (χ1n) is 8.08. The van der Waals surface area contributed by atoms with Gasteiger partial charge in [0.2, 0.25) is 0 Å². The van der Waals surface area contributed by atoms with Crippen molar-refractivity contribution in [3.8, 4) is 0 Å². The van der Waals surface area contributed by atoms with E-state index in [0.717, 1.165) is 12.1 Å². The normalized spacial score (nSPS) is 12.8. The summed E-state index contributed by atoms with van der Waals surface area (Å²) in [4.78, 5) is 24.8. The number of nitrogens with one attached hydrogen (secondary N) is 3. The van der Waals surface area contributed by atoms with Gasteiger partial charge in [0.15, 0.2) is 0 Å². The van der Waals surface area contributed by atoms with Gasteiger partial charge >= 0.3 is 0 Å². The molecule has 0 aliphatic rings. The molecule has 0 saturated heterocycles. The van der Waals surface area contributed by atoms with Crippen LogP contribution in [0.2, 0.25) is 0 Å². The van der Waals surface area contributed by atoms with Gasteiger partial charge in [0.05, 0.1) is 5.69 Å². The van der Waals surface area contributed by atoms with Crippen LogP contribution >= 0.6 is 0 Å². The van der Waals surface area contributed by atoms with E-state index in [1.807, 2.05) is 50.2 Å². The first-order valence-corrected chi connectivity index (χ1v) is 8.08. The van der Waals surface area contributed by atoms with Gasteiger partial charge in [0, 0.05) is 5.56 Å². The Hall–Kier alpha value is -2.82. The first kappa shape index (κ1) is 17.5. The van der Waals surface area contributed by atoms with Gasteiger partial charge in [-0.25, -0.2) is 0 Å². The number of rotatable bonds is 7. The van der Waals surface area contributed by atoms with Crippen molar-refractivity contribution in [1.29, 1.82) is 0 Å². The van der Waals surface area contributed by atoms with Crippen LogP contribution in [0.4, 0.5) is 5.69 Å². The summed E-state index contributed by atoms with van der Waals surface area (Å²) in [5, 5.41) is 2.83. The lowest BCUT2D eigenvalue weighted by Gasteiger charge is -2.24. The van der Waals surface area contributed by atoms with Crippen molar-refractivity contribution >= 4 is 17.5 Å². The third-order valence-corrected chi connectivity index (χ3v) is 3.92. The average molecular weight is 325 g/mol. The lowest BCUT2D eigenvalue weighted by molar-refractivity contribution is -0.123. The molecule has 5 heteroatoms. The predicted molar refractivity (Wildman–Crippen MR) is 95.4 cm³/mol. The van der Waals surface area contributed by atoms with E-state index >= 15 is 0 Å². The fraction of sp³-hybridized carbons (Fsp3) is 0.263. The molecule has 3 N–H and O–H groups in total. The summed E-state index contributed by atoms with van der Waals surface area (Å²) in [5.41, 5.74) is 6.85. The lowest BCUT2D eigenvalue weighted by atomic mass is 9.98. The predicted octanol–water partition coefficient (Wildman–Crippen LogP) is 2.97. The molecule has 2 rings (SSSR count). The molecule has 0 fully saturated rings. The van der Waals surface area contributed by atoms with E-state index in [1.165, 1.54) is 0 Å². The topological polar surface area (TPSA) is 70.2 Å². The number of hydrogen-bond acceptors (Lipinski definition) is 3. The van der Waals surface area contributed by atoms with Crippen LogP contribution in [0.1, 0.15) is 30.6 Å². The van der Waals surface area contributed by atoms with E-state index in [2.05, 4.69) is 16.2 Å². The minimum Gasteiger partial charge on any atom is -0.340 e. The van der Waals surface area contributed by atoms with Gasteiger partial charge in [0.1, 0.15) is 6.04 Å². The van der Waals surface area contributed by atoms with Crippen molar-refractivity contribution < 1.29 is 9.59 Å². The van der Waals surface area contributed by atoms with Crippen molar-refractivity contribution in [2.75, 3.05) is 5.43 Å². The Labute approximate surface area is 142 Å². The average Bonchev–Trinajstić information content (AvgIpc) is 2.65. The number of anilines is 1. The maximum Gasteiger partial charge on any atom is 0.261 e. The second-order valence-corrected chi connectivity index (χ2v) is 5.68. The number of hydrazine groups is 1. The van der Waals surface area contributed by atoms with E-state index in [-0.39, 0.29) is 17.7 Å². The first-order chi connectivity index (χ1) is 11.6. The third-order valence-electron chi connectivity index (χ3n) is 3.92. The smallest absolute Gasteiger partial charge is 0.261 e. The Morgan fingerprint density at radius 1 is 0.958 bits per heavy atom. The van der Waals surface area contributed by atoms with Gasteiger partial charge < -0.3 is 5.32 Å². The molecule has 5 nitrogen and oxygen atoms in total. The minimum absolute atomic E-state index is 0.00948. The SMILES string of the molecule is CCC(C)C(NC(=O)c1ccccc1)C(=O)NNc1ccccc1. The van der Waals surface area contributed by atoms with Gasteiger partial charge in [-0.3, -0.25) is 20.4 Å². The van der Waals surface area contributed by atoms with Crippen LogP contribution < -0.4 is 16.2 Å². The highest BCUT2D eigenvalue weighted by atomic mass is 16.2. The van der Waals surface area contributed by atoms with Crippen LogP contribution in [0.3, 0.4) is 0 Å². The molecule has 2 aromatic carbocycles. The van der Waals surface area contributed by atoms with Crippen molar-refractivity contribution in [3.05, 3.63) is 66.2 Å². The minimum atomic E-state index is -0.612. The number of para-hydroxylation sites is 1. The number of amides is 2. The Kier molecular flexibility index (Phi) is 6.37. The molecular formula is C19H23N3O2. The second-order valence-electron chi connectivity index (χ2n) is 5.68. The van der Waals surface area contributed by atoms with E-state index in [0.29, 0.717) is 5.56 Å². The molecular weight excluding hydrogens is 302 g/mol. The molecule has 0 spiro atoms. The van der Waals surface area contributed by atoms with Gasteiger partial charge in [-0.15, -0.1) is 0 Å². The van der Waals surface area contributed by atoms with E-state index in [1.54, 1.807) is 24.3 Å². The second kappa shape index (κ2) is 8.72. The Morgan fingerprint density at radius 2 is 1.54 bits per heavy atom. The number of benzene rings is 2. The molecule has 24 heavy (non-hydrogen) atoms. The highest BCUT2D eigenvalue weighted by Gasteiger charge is 2.26. The summed E-state index contributed by atoms with van der Waals surface area (Å²) in [6, 6.07) is 17.6. The summed E-state index contributed by atoms with van der Waals surface area (Å²) in [6.07, 6.45) is 0.776. The molecule has 0 bridgehead atoms. The van der Waals surface area contributed by atoms with E-state index in [9.17, 15) is 9.59 Å². The molecule has 0 aromatic heterocycles. The van der Waals surface area contributed by atoms with Crippen molar-refractivity contribution in [2.45, 2.75) is 26.3 Å². The summed E-state index contributed by atoms with van der Waals surface area (Å²) in [6.45, 7) is 3.93. The molecule has 0 heterocycles. The Bertz CT molecular complexity index is 659. The molecule has 2 aromatic rings. The van der Waals surface area contributed by atoms with Crippen LogP contribution in [-0.2, 0) is 4.79 Å². The van der Waals surface area contributed by atoms with Crippen molar-refractivity contribution in [3.63, 3.8) is 0 Å². The zero-order valence-electron chi connectivity index (χ0n) is 14.0. The van der Waals surface area contributed by atoms with Crippen LogP contribution in [0.25, 0.3) is 0 Å². The van der Waals surface area contributed by atoms with Gasteiger partial charge in [-0.1, -0.05) is 56.7 Å². The van der Waals surface area contributed by atoms with Gasteiger partial charge in [-0.05, 0) is 30.2 Å².